The molecule has 0 atom stereocenters. The molecule has 0 aliphatic rings. The van der Waals surface area contributed by atoms with Crippen molar-refractivity contribution < 1.29 is 8.42 Å². The van der Waals surface area contributed by atoms with E-state index in [2.05, 4.69) is 4.98 Å². The molecule has 2 aromatic rings. The summed E-state index contributed by atoms with van der Waals surface area (Å²) in [6.07, 6.45) is 3.74. The van der Waals surface area contributed by atoms with Gasteiger partial charge >= 0.3 is 0 Å². The lowest BCUT2D eigenvalue weighted by atomic mass is 10.2. The van der Waals surface area contributed by atoms with Crippen molar-refractivity contribution in [2.45, 2.75) is 31.8 Å². The number of nitrogens with two attached hydrogens (primary N) is 1. The highest BCUT2D eigenvalue weighted by atomic mass is 32.2. The van der Waals surface area contributed by atoms with Crippen LogP contribution < -0.4 is 10.0 Å². The van der Waals surface area contributed by atoms with Gasteiger partial charge in [0, 0.05) is 19.3 Å². The molecule has 7 heteroatoms. The van der Waals surface area contributed by atoms with E-state index >= 15 is 0 Å². The third kappa shape index (κ3) is 3.02. The number of aromatic nitrogens is 2. The molecule has 0 fully saturated rings. The number of hydrogen-bond donors (Lipinski definition) is 1. The van der Waals surface area contributed by atoms with Crippen molar-refractivity contribution in [2.24, 2.45) is 0 Å². The molecule has 1 aromatic carbocycles. The first-order chi connectivity index (χ1) is 10.0. The molecule has 6 nitrogen and oxygen atoms in total. The summed E-state index contributed by atoms with van der Waals surface area (Å²) in [6.45, 7) is 4.88. The fraction of sp³-hybridized carbons (Fsp3) is 0.357. The minimum Gasteiger partial charge on any atom is -0.397 e. The van der Waals surface area contributed by atoms with Gasteiger partial charge in [0.1, 0.15) is 0 Å². The summed E-state index contributed by atoms with van der Waals surface area (Å²) in [5, 5.41) is 0.0426. The van der Waals surface area contributed by atoms with Crippen LogP contribution in [-0.2, 0) is 16.6 Å². The second-order valence-electron chi connectivity index (χ2n) is 4.68. The van der Waals surface area contributed by atoms with Crippen molar-refractivity contribution >= 4 is 21.4 Å². The standard InChI is InChI=1S/C14H20N4O2S/c1-3-9-18(13-8-6-5-7-12(13)15)21(19,20)14-10-17(4-2)11-16-14/h5-8,10-11H,3-4,9,15H2,1-2H3. The van der Waals surface area contributed by atoms with Crippen LogP contribution in [0.5, 0.6) is 0 Å². The summed E-state index contributed by atoms with van der Waals surface area (Å²) in [6, 6.07) is 6.95. The fourth-order valence-corrected chi connectivity index (χ4v) is 3.57. The highest BCUT2D eigenvalue weighted by Crippen LogP contribution is 2.28. The molecule has 1 heterocycles. The van der Waals surface area contributed by atoms with E-state index in [1.165, 1.54) is 16.8 Å². The van der Waals surface area contributed by atoms with E-state index in [9.17, 15) is 8.42 Å². The van der Waals surface area contributed by atoms with Gasteiger partial charge in [-0.1, -0.05) is 19.1 Å². The molecule has 0 saturated carbocycles. The van der Waals surface area contributed by atoms with E-state index in [0.717, 1.165) is 0 Å². The lowest BCUT2D eigenvalue weighted by Crippen LogP contribution is -2.32. The molecule has 1 aromatic heterocycles. The largest absolute Gasteiger partial charge is 0.397 e. The van der Waals surface area contributed by atoms with E-state index in [0.29, 0.717) is 30.9 Å². The van der Waals surface area contributed by atoms with Gasteiger partial charge in [-0.3, -0.25) is 4.31 Å². The molecule has 0 spiro atoms. The Morgan fingerprint density at radius 3 is 2.57 bits per heavy atom. The Morgan fingerprint density at radius 1 is 1.29 bits per heavy atom. The molecular weight excluding hydrogens is 288 g/mol. The molecule has 2 N–H and O–H groups in total. The van der Waals surface area contributed by atoms with Gasteiger partial charge in [-0.2, -0.15) is 8.42 Å². The van der Waals surface area contributed by atoms with Crippen molar-refractivity contribution in [3.63, 3.8) is 0 Å². The van der Waals surface area contributed by atoms with Gasteiger partial charge in [0.2, 0.25) is 0 Å². The number of nitrogens with zero attached hydrogens (tertiary/aromatic N) is 3. The number of para-hydroxylation sites is 2. The summed E-state index contributed by atoms with van der Waals surface area (Å²) in [5.74, 6) is 0. The molecule has 0 radical (unpaired) electrons. The van der Waals surface area contributed by atoms with Gasteiger partial charge in [0.05, 0.1) is 17.7 Å². The monoisotopic (exact) mass is 308 g/mol. The van der Waals surface area contributed by atoms with Gasteiger partial charge in [-0.15, -0.1) is 0 Å². The molecule has 2 rings (SSSR count). The van der Waals surface area contributed by atoms with Crippen molar-refractivity contribution in [3.05, 3.63) is 36.8 Å². The van der Waals surface area contributed by atoms with Gasteiger partial charge in [0.25, 0.3) is 10.0 Å². The lowest BCUT2D eigenvalue weighted by Gasteiger charge is -2.24. The molecule has 0 bridgehead atoms. The number of hydrogen-bond acceptors (Lipinski definition) is 4. The van der Waals surface area contributed by atoms with Crippen LogP contribution in [0.4, 0.5) is 11.4 Å². The Bertz CT molecular complexity index is 709. The Labute approximate surface area is 125 Å². The number of rotatable bonds is 6. The van der Waals surface area contributed by atoms with Gasteiger partial charge in [-0.05, 0) is 25.5 Å². The third-order valence-corrected chi connectivity index (χ3v) is 4.86. The second kappa shape index (κ2) is 6.17. The van der Waals surface area contributed by atoms with Crippen LogP contribution in [0.1, 0.15) is 20.3 Å². The zero-order valence-corrected chi connectivity index (χ0v) is 13.0. The Hall–Kier alpha value is -2.02. The van der Waals surface area contributed by atoms with Crippen LogP contribution in [-0.4, -0.2) is 24.5 Å². The van der Waals surface area contributed by atoms with E-state index in [1.807, 2.05) is 13.8 Å². The molecule has 21 heavy (non-hydrogen) atoms. The van der Waals surface area contributed by atoms with Gasteiger partial charge in [-0.25, -0.2) is 4.98 Å². The van der Waals surface area contributed by atoms with E-state index in [4.69, 9.17) is 5.73 Å². The van der Waals surface area contributed by atoms with Crippen LogP contribution in [0.25, 0.3) is 0 Å². The first-order valence-corrected chi connectivity index (χ1v) is 8.33. The Kier molecular flexibility index (Phi) is 4.52. The maximum absolute atomic E-state index is 12.8. The Morgan fingerprint density at radius 2 is 2.00 bits per heavy atom. The highest BCUT2D eigenvalue weighted by Gasteiger charge is 2.27. The number of anilines is 2. The van der Waals surface area contributed by atoms with E-state index < -0.39 is 10.0 Å². The average molecular weight is 308 g/mol. The minimum atomic E-state index is -3.71. The molecule has 0 aliphatic carbocycles. The SMILES string of the molecule is CCCN(c1ccccc1N)S(=O)(=O)c1cn(CC)cn1. The smallest absolute Gasteiger partial charge is 0.283 e. The van der Waals surface area contributed by atoms with E-state index in [1.54, 1.807) is 28.8 Å². The maximum atomic E-state index is 12.8. The molecule has 0 unspecified atom stereocenters. The van der Waals surface area contributed by atoms with Crippen molar-refractivity contribution in [3.8, 4) is 0 Å². The molecule has 114 valence electrons. The quantitative estimate of drug-likeness (QED) is 0.829. The normalized spacial score (nSPS) is 11.5. The predicted molar refractivity (Wildman–Crippen MR) is 83.6 cm³/mol. The van der Waals surface area contributed by atoms with Crippen molar-refractivity contribution in [2.75, 3.05) is 16.6 Å². The van der Waals surface area contributed by atoms with Gasteiger partial charge in [0.15, 0.2) is 5.03 Å². The fourth-order valence-electron chi connectivity index (χ4n) is 2.05. The number of aryl methyl sites for hydroxylation is 1. The summed E-state index contributed by atoms with van der Waals surface area (Å²) in [4.78, 5) is 4.01. The lowest BCUT2D eigenvalue weighted by molar-refractivity contribution is 0.586. The number of nitrogen functional groups attached to an aromatic ring is 1. The zero-order chi connectivity index (χ0) is 15.5. The summed E-state index contributed by atoms with van der Waals surface area (Å²) < 4.78 is 28.6. The summed E-state index contributed by atoms with van der Waals surface area (Å²) in [5.41, 5.74) is 6.85. The van der Waals surface area contributed by atoms with Crippen LogP contribution in [0.2, 0.25) is 0 Å². The van der Waals surface area contributed by atoms with Gasteiger partial charge < -0.3 is 10.3 Å². The van der Waals surface area contributed by atoms with Crippen LogP contribution >= 0.6 is 0 Å². The molecule has 0 saturated heterocycles. The first-order valence-electron chi connectivity index (χ1n) is 6.89. The number of sulfonamides is 1. The minimum absolute atomic E-state index is 0.0426. The molecular formula is C14H20N4O2S. The van der Waals surface area contributed by atoms with Crippen molar-refractivity contribution in [1.82, 2.24) is 9.55 Å². The topological polar surface area (TPSA) is 81.2 Å². The highest BCUT2D eigenvalue weighted by molar-refractivity contribution is 7.92. The summed E-state index contributed by atoms with van der Waals surface area (Å²) >= 11 is 0. The average Bonchev–Trinajstić information content (AvgIpc) is 2.95. The second-order valence-corrected chi connectivity index (χ2v) is 6.49. The van der Waals surface area contributed by atoms with Crippen LogP contribution in [0.15, 0.2) is 41.8 Å². The van der Waals surface area contributed by atoms with E-state index in [-0.39, 0.29) is 5.03 Å². The molecule has 0 amide bonds. The predicted octanol–water partition coefficient (Wildman–Crippen LogP) is 2.09. The number of benzene rings is 1. The number of imidazole rings is 1. The summed E-state index contributed by atoms with van der Waals surface area (Å²) in [7, 11) is -3.71. The Balaban J connectivity index is 2.48. The molecule has 0 aliphatic heterocycles. The van der Waals surface area contributed by atoms with Crippen LogP contribution in [0, 0.1) is 0 Å². The maximum Gasteiger partial charge on any atom is 0.283 e. The van der Waals surface area contributed by atoms with Crippen LogP contribution in [0.3, 0.4) is 0 Å². The third-order valence-electron chi connectivity index (χ3n) is 3.16. The zero-order valence-electron chi connectivity index (χ0n) is 12.2. The first kappa shape index (κ1) is 15.4. The van der Waals surface area contributed by atoms with Crippen molar-refractivity contribution in [1.29, 1.82) is 0 Å².